The molecule has 4 aliphatic rings. The Labute approximate surface area is 154 Å². The summed E-state index contributed by atoms with van der Waals surface area (Å²) in [7, 11) is 0. The van der Waals surface area contributed by atoms with E-state index in [0.717, 1.165) is 30.7 Å². The third-order valence-electron chi connectivity index (χ3n) is 7.24. The second-order valence-corrected chi connectivity index (χ2v) is 9.83. The van der Waals surface area contributed by atoms with E-state index in [9.17, 15) is 5.11 Å². The highest BCUT2D eigenvalue weighted by molar-refractivity contribution is 9.10. The van der Waals surface area contributed by atoms with Crippen LogP contribution in [0.5, 0.6) is 0 Å². The van der Waals surface area contributed by atoms with Crippen LogP contribution in [0.4, 0.5) is 0 Å². The lowest BCUT2D eigenvalue weighted by molar-refractivity contribution is -0.287. The first-order valence-corrected chi connectivity index (χ1v) is 10.0. The standard InChI is InChI=1S/C20H29BrN2O/c1-13(2)19-9-22-11-20(14(3)4,18(19)24)12-23(10-19)17(22)15-5-7-16(21)8-6-15/h5-8,13-14,17-18,24H,9-12H2,1-4H3. The van der Waals surface area contributed by atoms with Gasteiger partial charge in [0.05, 0.1) is 12.3 Å². The number of aliphatic hydroxyl groups excluding tert-OH is 1. The molecule has 1 aromatic carbocycles. The van der Waals surface area contributed by atoms with E-state index in [-0.39, 0.29) is 16.9 Å². The van der Waals surface area contributed by atoms with Crippen LogP contribution in [0, 0.1) is 22.7 Å². The molecule has 132 valence electrons. The van der Waals surface area contributed by atoms with E-state index >= 15 is 0 Å². The van der Waals surface area contributed by atoms with Gasteiger partial charge in [-0.05, 0) is 29.5 Å². The molecule has 4 fully saturated rings. The molecule has 1 N–H and O–H groups in total. The van der Waals surface area contributed by atoms with Gasteiger partial charge in [0.1, 0.15) is 0 Å². The monoisotopic (exact) mass is 392 g/mol. The lowest BCUT2D eigenvalue weighted by Gasteiger charge is -2.71. The van der Waals surface area contributed by atoms with E-state index in [1.165, 1.54) is 5.56 Å². The number of hydrogen-bond acceptors (Lipinski definition) is 3. The molecule has 4 aliphatic heterocycles. The van der Waals surface area contributed by atoms with Crippen LogP contribution in [0.1, 0.15) is 39.4 Å². The average Bonchev–Trinajstić information content (AvgIpc) is 2.52. The van der Waals surface area contributed by atoms with Crippen LogP contribution in [0.2, 0.25) is 0 Å². The van der Waals surface area contributed by atoms with E-state index in [0.29, 0.717) is 18.0 Å². The molecule has 0 unspecified atom stereocenters. The summed E-state index contributed by atoms with van der Waals surface area (Å²) in [5.41, 5.74) is 1.39. The lowest BCUT2D eigenvalue weighted by Crippen LogP contribution is -2.80. The minimum absolute atomic E-state index is 0.00658. The first-order chi connectivity index (χ1) is 11.3. The van der Waals surface area contributed by atoms with E-state index in [1.54, 1.807) is 0 Å². The number of aliphatic hydroxyl groups is 1. The largest absolute Gasteiger partial charge is 0.392 e. The van der Waals surface area contributed by atoms with Crippen LogP contribution in [-0.4, -0.2) is 47.2 Å². The molecule has 0 spiro atoms. The van der Waals surface area contributed by atoms with Crippen molar-refractivity contribution in [2.45, 2.75) is 40.0 Å². The zero-order chi connectivity index (χ0) is 17.3. The molecule has 0 amide bonds. The van der Waals surface area contributed by atoms with Gasteiger partial charge in [0.15, 0.2) is 0 Å². The summed E-state index contributed by atoms with van der Waals surface area (Å²) >= 11 is 3.55. The topological polar surface area (TPSA) is 26.7 Å². The van der Waals surface area contributed by atoms with Gasteiger partial charge in [0, 0.05) is 41.5 Å². The van der Waals surface area contributed by atoms with Crippen molar-refractivity contribution in [2.24, 2.45) is 22.7 Å². The van der Waals surface area contributed by atoms with Crippen molar-refractivity contribution >= 4 is 15.9 Å². The first-order valence-electron chi connectivity index (χ1n) is 9.22. The molecule has 4 heterocycles. The van der Waals surface area contributed by atoms with Crippen molar-refractivity contribution in [2.75, 3.05) is 26.2 Å². The Hall–Kier alpha value is -0.420. The van der Waals surface area contributed by atoms with Gasteiger partial charge >= 0.3 is 0 Å². The minimum Gasteiger partial charge on any atom is -0.392 e. The van der Waals surface area contributed by atoms with E-state index in [4.69, 9.17) is 0 Å². The second-order valence-electron chi connectivity index (χ2n) is 8.91. The van der Waals surface area contributed by atoms with Crippen LogP contribution < -0.4 is 0 Å². The number of piperidine rings is 2. The number of halogens is 1. The fourth-order valence-corrected chi connectivity index (χ4v) is 5.90. The molecule has 3 nitrogen and oxygen atoms in total. The fourth-order valence-electron chi connectivity index (χ4n) is 5.64. The second kappa shape index (κ2) is 5.54. The zero-order valence-corrected chi connectivity index (χ0v) is 16.8. The van der Waals surface area contributed by atoms with Crippen molar-refractivity contribution in [3.05, 3.63) is 34.3 Å². The van der Waals surface area contributed by atoms with E-state index in [1.807, 2.05) is 0 Å². The van der Waals surface area contributed by atoms with Gasteiger partial charge in [-0.2, -0.15) is 0 Å². The van der Waals surface area contributed by atoms with E-state index < -0.39 is 0 Å². The Bertz CT molecular complexity index is 583. The maximum absolute atomic E-state index is 11.4. The summed E-state index contributed by atoms with van der Waals surface area (Å²) in [6.45, 7) is 13.2. The van der Waals surface area contributed by atoms with Gasteiger partial charge in [0.25, 0.3) is 0 Å². The minimum atomic E-state index is -0.191. The van der Waals surface area contributed by atoms with Crippen molar-refractivity contribution < 1.29 is 5.11 Å². The van der Waals surface area contributed by atoms with Gasteiger partial charge in [-0.15, -0.1) is 0 Å². The summed E-state index contributed by atoms with van der Waals surface area (Å²) < 4.78 is 1.13. The predicted octanol–water partition coefficient (Wildman–Crippen LogP) is 3.74. The number of hydrogen-bond donors (Lipinski definition) is 1. The van der Waals surface area contributed by atoms with Gasteiger partial charge in [0.2, 0.25) is 0 Å². The van der Waals surface area contributed by atoms with Gasteiger partial charge in [-0.1, -0.05) is 55.8 Å². The maximum atomic E-state index is 11.4. The lowest BCUT2D eigenvalue weighted by atomic mass is 9.52. The van der Waals surface area contributed by atoms with Crippen molar-refractivity contribution in [3.8, 4) is 0 Å². The number of rotatable bonds is 3. The third kappa shape index (κ3) is 2.13. The molecule has 0 aromatic heterocycles. The summed E-state index contributed by atoms with van der Waals surface area (Å²) in [4.78, 5) is 5.28. The SMILES string of the molecule is CC(C)C12CN3CC(C(C)C)(CN(C1)C3c1ccc(Br)cc1)C2O. The summed E-state index contributed by atoms with van der Waals surface area (Å²) in [6, 6.07) is 8.79. The first kappa shape index (κ1) is 17.0. The zero-order valence-electron chi connectivity index (χ0n) is 15.2. The normalized spacial score (nSPS) is 43.8. The van der Waals surface area contributed by atoms with Gasteiger partial charge < -0.3 is 5.11 Å². The molecule has 4 saturated heterocycles. The van der Waals surface area contributed by atoms with Gasteiger partial charge in [-0.3, -0.25) is 9.80 Å². The molecule has 4 heteroatoms. The Morgan fingerprint density at radius 3 is 1.71 bits per heavy atom. The quantitative estimate of drug-likeness (QED) is 0.848. The van der Waals surface area contributed by atoms with Gasteiger partial charge in [-0.25, -0.2) is 0 Å². The van der Waals surface area contributed by atoms with E-state index in [2.05, 4.69) is 77.7 Å². The highest BCUT2D eigenvalue weighted by atomic mass is 79.9. The highest BCUT2D eigenvalue weighted by Crippen LogP contribution is 2.59. The molecule has 24 heavy (non-hydrogen) atoms. The average molecular weight is 393 g/mol. The van der Waals surface area contributed by atoms with Crippen molar-refractivity contribution in [1.29, 1.82) is 0 Å². The molecule has 0 radical (unpaired) electrons. The van der Waals surface area contributed by atoms with Crippen LogP contribution in [0.3, 0.4) is 0 Å². The Kier molecular flexibility index (Phi) is 3.93. The molecular formula is C20H29BrN2O. The molecule has 0 atom stereocenters. The molecule has 5 rings (SSSR count). The maximum Gasteiger partial charge on any atom is 0.0887 e. The Morgan fingerprint density at radius 1 is 0.917 bits per heavy atom. The molecule has 1 aromatic rings. The number of benzene rings is 1. The summed E-state index contributed by atoms with van der Waals surface area (Å²) in [5, 5.41) is 11.4. The smallest absolute Gasteiger partial charge is 0.0887 e. The summed E-state index contributed by atoms with van der Waals surface area (Å²) in [6.07, 6.45) is 0.174. The summed E-state index contributed by atoms with van der Waals surface area (Å²) in [5.74, 6) is 0.976. The van der Waals surface area contributed by atoms with Crippen LogP contribution in [-0.2, 0) is 0 Å². The van der Waals surface area contributed by atoms with Crippen molar-refractivity contribution in [3.63, 3.8) is 0 Å². The fraction of sp³-hybridized carbons (Fsp3) is 0.700. The molecule has 4 bridgehead atoms. The van der Waals surface area contributed by atoms with Crippen molar-refractivity contribution in [1.82, 2.24) is 9.80 Å². The number of nitrogens with zero attached hydrogens (tertiary/aromatic N) is 2. The Morgan fingerprint density at radius 2 is 1.33 bits per heavy atom. The predicted molar refractivity (Wildman–Crippen MR) is 101 cm³/mol. The van der Waals surface area contributed by atoms with Crippen LogP contribution in [0.15, 0.2) is 28.7 Å². The molecule has 0 saturated carbocycles. The Balaban J connectivity index is 1.76. The molecular weight excluding hydrogens is 364 g/mol. The highest BCUT2D eigenvalue weighted by Gasteiger charge is 2.66. The molecule has 0 aliphatic carbocycles. The van der Waals surface area contributed by atoms with Crippen LogP contribution in [0.25, 0.3) is 0 Å². The third-order valence-corrected chi connectivity index (χ3v) is 7.77. The van der Waals surface area contributed by atoms with Crippen LogP contribution >= 0.6 is 15.9 Å².